The highest BCUT2D eigenvalue weighted by molar-refractivity contribution is 5.94. The van der Waals surface area contributed by atoms with Gasteiger partial charge in [-0.15, -0.1) is 0 Å². The molecule has 28 heavy (non-hydrogen) atoms. The summed E-state index contributed by atoms with van der Waals surface area (Å²) in [4.78, 5) is 37.7. The number of esters is 1. The van der Waals surface area contributed by atoms with Crippen LogP contribution in [0.15, 0.2) is 18.2 Å². The van der Waals surface area contributed by atoms with Gasteiger partial charge in [-0.05, 0) is 36.0 Å². The van der Waals surface area contributed by atoms with Crippen molar-refractivity contribution in [2.75, 3.05) is 32.1 Å². The van der Waals surface area contributed by atoms with Crippen molar-refractivity contribution in [3.63, 3.8) is 0 Å². The van der Waals surface area contributed by atoms with Crippen LogP contribution in [-0.4, -0.2) is 49.5 Å². The first-order valence-electron chi connectivity index (χ1n) is 9.62. The molecule has 1 saturated heterocycles. The molecule has 2 rings (SSSR count). The quantitative estimate of drug-likeness (QED) is 0.755. The fourth-order valence-corrected chi connectivity index (χ4v) is 3.01. The third kappa shape index (κ3) is 6.25. The summed E-state index contributed by atoms with van der Waals surface area (Å²) < 4.78 is 10.4. The standard InChI is InChI=1S/C21H30N2O5/c1-21(2,3)15-9-10-17(27-4)16(12-15)22-18(24)14-28-20(26)13-23-11-7-5-6-8-19(23)25/h9-10,12H,5-8,11,13-14H2,1-4H3,(H,22,24). The second-order valence-corrected chi connectivity index (χ2v) is 8.00. The molecule has 0 aliphatic carbocycles. The Morgan fingerprint density at radius 2 is 1.93 bits per heavy atom. The Kier molecular flexibility index (Phi) is 7.43. The molecule has 0 radical (unpaired) electrons. The van der Waals surface area contributed by atoms with Crippen LogP contribution in [0.5, 0.6) is 5.75 Å². The molecule has 154 valence electrons. The van der Waals surface area contributed by atoms with Crippen LogP contribution in [0.1, 0.15) is 52.0 Å². The van der Waals surface area contributed by atoms with E-state index in [9.17, 15) is 14.4 Å². The topological polar surface area (TPSA) is 84.9 Å². The van der Waals surface area contributed by atoms with E-state index in [2.05, 4.69) is 26.1 Å². The summed E-state index contributed by atoms with van der Waals surface area (Å²) in [5.74, 6) is -0.550. The zero-order chi connectivity index (χ0) is 20.7. The van der Waals surface area contributed by atoms with Gasteiger partial charge in [0.1, 0.15) is 12.3 Å². The second-order valence-electron chi connectivity index (χ2n) is 8.00. The van der Waals surface area contributed by atoms with Gasteiger partial charge < -0.3 is 19.7 Å². The lowest BCUT2D eigenvalue weighted by molar-refractivity contribution is -0.151. The van der Waals surface area contributed by atoms with Crippen LogP contribution in [0, 0.1) is 0 Å². The number of hydrogen-bond acceptors (Lipinski definition) is 5. The van der Waals surface area contributed by atoms with Gasteiger partial charge in [-0.3, -0.25) is 14.4 Å². The van der Waals surface area contributed by atoms with E-state index in [1.807, 2.05) is 12.1 Å². The number of nitrogens with one attached hydrogen (secondary N) is 1. The van der Waals surface area contributed by atoms with Crippen LogP contribution in [0.4, 0.5) is 5.69 Å². The van der Waals surface area contributed by atoms with Gasteiger partial charge in [0.15, 0.2) is 6.61 Å². The number of nitrogens with zero attached hydrogens (tertiary/aromatic N) is 1. The van der Waals surface area contributed by atoms with Gasteiger partial charge >= 0.3 is 5.97 Å². The highest BCUT2D eigenvalue weighted by Gasteiger charge is 2.21. The third-order valence-corrected chi connectivity index (χ3v) is 4.70. The van der Waals surface area contributed by atoms with Gasteiger partial charge in [0.2, 0.25) is 5.91 Å². The van der Waals surface area contributed by atoms with Crippen LogP contribution in [0.25, 0.3) is 0 Å². The number of carbonyl (C=O) groups is 3. The molecule has 1 aromatic rings. The number of rotatable bonds is 6. The Labute approximate surface area is 166 Å². The Hall–Kier alpha value is -2.57. The molecule has 1 aliphatic rings. The largest absolute Gasteiger partial charge is 0.495 e. The molecule has 7 nitrogen and oxygen atoms in total. The summed E-state index contributed by atoms with van der Waals surface area (Å²) in [5.41, 5.74) is 1.48. The van der Waals surface area contributed by atoms with Crippen molar-refractivity contribution in [1.82, 2.24) is 4.90 Å². The van der Waals surface area contributed by atoms with Crippen molar-refractivity contribution in [1.29, 1.82) is 0 Å². The molecule has 1 N–H and O–H groups in total. The molecule has 0 aromatic heterocycles. The molecule has 1 fully saturated rings. The van der Waals surface area contributed by atoms with Crippen LogP contribution < -0.4 is 10.1 Å². The van der Waals surface area contributed by atoms with Gasteiger partial charge in [0.05, 0.1) is 12.8 Å². The minimum Gasteiger partial charge on any atom is -0.495 e. The maximum atomic E-state index is 12.2. The van der Waals surface area contributed by atoms with E-state index in [1.54, 1.807) is 6.07 Å². The summed E-state index contributed by atoms with van der Waals surface area (Å²) in [7, 11) is 1.53. The van der Waals surface area contributed by atoms with E-state index < -0.39 is 18.5 Å². The lowest BCUT2D eigenvalue weighted by Crippen LogP contribution is -2.36. The van der Waals surface area contributed by atoms with Crippen LogP contribution >= 0.6 is 0 Å². The first-order chi connectivity index (χ1) is 13.2. The molecule has 7 heteroatoms. The van der Waals surface area contributed by atoms with Gasteiger partial charge in [-0.2, -0.15) is 0 Å². The normalized spacial score (nSPS) is 15.0. The fraction of sp³-hybridized carbons (Fsp3) is 0.571. The van der Waals surface area contributed by atoms with Crippen molar-refractivity contribution >= 4 is 23.5 Å². The zero-order valence-corrected chi connectivity index (χ0v) is 17.2. The number of anilines is 1. The summed E-state index contributed by atoms with van der Waals surface area (Å²) in [6.07, 6.45) is 3.17. The third-order valence-electron chi connectivity index (χ3n) is 4.70. The predicted octanol–water partition coefficient (Wildman–Crippen LogP) is 2.88. The summed E-state index contributed by atoms with van der Waals surface area (Å²) in [6.45, 7) is 6.25. The Morgan fingerprint density at radius 1 is 1.18 bits per heavy atom. The average molecular weight is 390 g/mol. The van der Waals surface area contributed by atoms with Crippen molar-refractivity contribution in [3.8, 4) is 5.75 Å². The number of benzene rings is 1. The van der Waals surface area contributed by atoms with Crippen molar-refractivity contribution < 1.29 is 23.9 Å². The Balaban J connectivity index is 1.91. The average Bonchev–Trinajstić information content (AvgIpc) is 2.83. The van der Waals surface area contributed by atoms with Crippen LogP contribution in [0.3, 0.4) is 0 Å². The first-order valence-corrected chi connectivity index (χ1v) is 9.62. The molecule has 1 aromatic carbocycles. The minimum atomic E-state index is -0.583. The molecule has 2 amide bonds. The first kappa shape index (κ1) is 21.7. The SMILES string of the molecule is COc1ccc(C(C)(C)C)cc1NC(=O)COC(=O)CN1CCCCCC1=O. The zero-order valence-electron chi connectivity index (χ0n) is 17.2. The van der Waals surface area contributed by atoms with E-state index in [0.29, 0.717) is 24.4 Å². The van der Waals surface area contributed by atoms with Crippen molar-refractivity contribution in [2.45, 2.75) is 51.9 Å². The monoisotopic (exact) mass is 390 g/mol. The number of amides is 2. The maximum absolute atomic E-state index is 12.2. The maximum Gasteiger partial charge on any atom is 0.326 e. The summed E-state index contributed by atoms with van der Waals surface area (Å²) in [5, 5.41) is 2.73. The molecule has 0 saturated carbocycles. The van der Waals surface area contributed by atoms with Gasteiger partial charge in [-0.1, -0.05) is 33.3 Å². The van der Waals surface area contributed by atoms with E-state index in [0.717, 1.165) is 24.8 Å². The number of ether oxygens (including phenoxy) is 2. The van der Waals surface area contributed by atoms with Crippen molar-refractivity contribution in [2.24, 2.45) is 0 Å². The smallest absolute Gasteiger partial charge is 0.326 e. The lowest BCUT2D eigenvalue weighted by Gasteiger charge is -2.21. The van der Waals surface area contributed by atoms with Gasteiger partial charge in [-0.25, -0.2) is 0 Å². The Bertz CT molecular complexity index is 724. The molecular formula is C21H30N2O5. The summed E-state index contributed by atoms with van der Waals surface area (Å²) >= 11 is 0. The molecule has 0 spiro atoms. The summed E-state index contributed by atoms with van der Waals surface area (Å²) in [6, 6.07) is 5.61. The van der Waals surface area contributed by atoms with Crippen molar-refractivity contribution in [3.05, 3.63) is 23.8 Å². The lowest BCUT2D eigenvalue weighted by atomic mass is 9.87. The number of hydrogen-bond donors (Lipinski definition) is 1. The van der Waals surface area contributed by atoms with Gasteiger partial charge in [0.25, 0.3) is 5.91 Å². The number of methoxy groups -OCH3 is 1. The van der Waals surface area contributed by atoms with E-state index >= 15 is 0 Å². The fourth-order valence-electron chi connectivity index (χ4n) is 3.01. The van der Waals surface area contributed by atoms with Gasteiger partial charge in [0, 0.05) is 13.0 Å². The van der Waals surface area contributed by atoms with E-state index in [4.69, 9.17) is 9.47 Å². The molecule has 0 atom stereocenters. The number of likely N-dealkylation sites (tertiary alicyclic amines) is 1. The molecule has 1 heterocycles. The molecule has 1 aliphatic heterocycles. The van der Waals surface area contributed by atoms with Crippen LogP contribution in [-0.2, 0) is 24.5 Å². The second kappa shape index (κ2) is 9.57. The molecule has 0 unspecified atom stereocenters. The predicted molar refractivity (Wildman–Crippen MR) is 106 cm³/mol. The van der Waals surface area contributed by atoms with E-state index in [1.165, 1.54) is 12.0 Å². The minimum absolute atomic E-state index is 0.0392. The highest BCUT2D eigenvalue weighted by atomic mass is 16.5. The molecular weight excluding hydrogens is 360 g/mol. The van der Waals surface area contributed by atoms with E-state index in [-0.39, 0.29) is 17.9 Å². The molecule has 0 bridgehead atoms. The highest BCUT2D eigenvalue weighted by Crippen LogP contribution is 2.31. The van der Waals surface area contributed by atoms with Crippen LogP contribution in [0.2, 0.25) is 0 Å². The number of carbonyl (C=O) groups excluding carboxylic acids is 3. The Morgan fingerprint density at radius 3 is 2.61 bits per heavy atom.